The normalized spacial score (nSPS) is 24.3. The number of pyridine rings is 1. The van der Waals surface area contributed by atoms with Gasteiger partial charge in [0.1, 0.15) is 5.82 Å². The Morgan fingerprint density at radius 3 is 2.85 bits per heavy atom. The quantitative estimate of drug-likeness (QED) is 0.921. The summed E-state index contributed by atoms with van der Waals surface area (Å²) in [6.07, 6.45) is 6.40. The molecule has 0 bridgehead atoms. The Balaban J connectivity index is 1.74. The average molecular weight is 273 g/mol. The van der Waals surface area contributed by atoms with Gasteiger partial charge in [-0.3, -0.25) is 4.79 Å². The minimum Gasteiger partial charge on any atom is -0.367 e. The molecule has 1 aliphatic heterocycles. The van der Waals surface area contributed by atoms with Crippen molar-refractivity contribution in [2.45, 2.75) is 45.6 Å². The van der Waals surface area contributed by atoms with Crippen LogP contribution in [0.3, 0.4) is 0 Å². The van der Waals surface area contributed by atoms with Gasteiger partial charge in [0.25, 0.3) is 5.91 Å². The molecule has 1 atom stereocenters. The number of aromatic nitrogens is 1. The number of hydrogen-bond acceptors (Lipinski definition) is 3. The molecule has 4 heteroatoms. The van der Waals surface area contributed by atoms with Crippen LogP contribution in [0.25, 0.3) is 0 Å². The van der Waals surface area contributed by atoms with Crippen molar-refractivity contribution in [1.82, 2.24) is 9.88 Å². The molecule has 3 rings (SSSR count). The predicted octanol–water partition coefficient (Wildman–Crippen LogP) is 2.92. The number of likely N-dealkylation sites (tertiary alicyclic amines) is 1. The fourth-order valence-electron chi connectivity index (χ4n) is 3.14. The number of nitrogens with zero attached hydrogens (tertiary/aromatic N) is 2. The molecule has 1 N–H and O–H groups in total. The highest BCUT2D eigenvalue weighted by Crippen LogP contribution is 2.38. The molecule has 1 aliphatic carbocycles. The van der Waals surface area contributed by atoms with Gasteiger partial charge in [-0.2, -0.15) is 0 Å². The third-order valence-electron chi connectivity index (χ3n) is 4.49. The lowest BCUT2D eigenvalue weighted by atomic mass is 9.92. The number of carbonyl (C=O) groups excluding carboxylic acids is 1. The molecule has 0 aromatic carbocycles. The minimum absolute atomic E-state index is 0.115. The predicted molar refractivity (Wildman–Crippen MR) is 79.8 cm³/mol. The third-order valence-corrected chi connectivity index (χ3v) is 4.49. The summed E-state index contributed by atoms with van der Waals surface area (Å²) in [5.74, 6) is 0.871. The Bertz CT molecular complexity index is 508. The molecular weight excluding hydrogens is 250 g/mol. The van der Waals surface area contributed by atoms with Crippen LogP contribution >= 0.6 is 0 Å². The molecule has 2 heterocycles. The van der Waals surface area contributed by atoms with E-state index >= 15 is 0 Å². The standard InChI is InChI=1S/C16H23N3O/c1-16(2)7-6-12(11-16)18-14-13(5-3-8-17-14)15(20)19-9-4-10-19/h3,5,8,12H,4,6-7,9-11H2,1-2H3,(H,17,18). The molecule has 0 spiro atoms. The van der Waals surface area contributed by atoms with Crippen LogP contribution in [0.2, 0.25) is 0 Å². The number of anilines is 1. The van der Waals surface area contributed by atoms with Crippen molar-refractivity contribution >= 4 is 11.7 Å². The highest BCUT2D eigenvalue weighted by Gasteiger charge is 2.32. The van der Waals surface area contributed by atoms with Gasteiger partial charge >= 0.3 is 0 Å². The molecular formula is C16H23N3O. The molecule has 2 aliphatic rings. The fourth-order valence-corrected chi connectivity index (χ4v) is 3.14. The van der Waals surface area contributed by atoms with Crippen LogP contribution in [0.4, 0.5) is 5.82 Å². The lowest BCUT2D eigenvalue weighted by Crippen LogP contribution is -2.42. The van der Waals surface area contributed by atoms with E-state index in [0.29, 0.717) is 11.5 Å². The number of nitrogens with one attached hydrogen (secondary N) is 1. The largest absolute Gasteiger partial charge is 0.367 e. The topological polar surface area (TPSA) is 45.2 Å². The molecule has 108 valence electrons. The van der Waals surface area contributed by atoms with E-state index in [-0.39, 0.29) is 5.91 Å². The van der Waals surface area contributed by atoms with E-state index in [2.05, 4.69) is 24.1 Å². The molecule has 1 aromatic heterocycles. The summed E-state index contributed by atoms with van der Waals surface area (Å²) in [6.45, 7) is 6.37. The summed E-state index contributed by atoms with van der Waals surface area (Å²) in [5, 5.41) is 3.49. The Morgan fingerprint density at radius 2 is 2.25 bits per heavy atom. The van der Waals surface area contributed by atoms with Crippen LogP contribution in [0, 0.1) is 5.41 Å². The molecule has 1 saturated heterocycles. The highest BCUT2D eigenvalue weighted by atomic mass is 16.2. The summed E-state index contributed by atoms with van der Waals surface area (Å²) < 4.78 is 0. The van der Waals surface area contributed by atoms with Crippen molar-refractivity contribution in [3.8, 4) is 0 Å². The van der Waals surface area contributed by atoms with Crippen molar-refractivity contribution in [2.75, 3.05) is 18.4 Å². The van der Waals surface area contributed by atoms with E-state index in [1.807, 2.05) is 17.0 Å². The summed E-state index contributed by atoms with van der Waals surface area (Å²) in [7, 11) is 0. The maximum atomic E-state index is 12.4. The zero-order chi connectivity index (χ0) is 14.2. The SMILES string of the molecule is CC1(C)CCC(Nc2ncccc2C(=O)N2CCC2)C1. The van der Waals surface area contributed by atoms with Crippen LogP contribution in [0.5, 0.6) is 0 Å². The molecule has 1 saturated carbocycles. The smallest absolute Gasteiger partial charge is 0.257 e. The molecule has 2 fully saturated rings. The Hall–Kier alpha value is -1.58. The third kappa shape index (κ3) is 2.65. The van der Waals surface area contributed by atoms with Gasteiger partial charge in [-0.25, -0.2) is 4.98 Å². The Labute approximate surface area is 120 Å². The Morgan fingerprint density at radius 1 is 1.45 bits per heavy atom. The van der Waals surface area contributed by atoms with E-state index in [1.165, 1.54) is 6.42 Å². The summed E-state index contributed by atoms with van der Waals surface area (Å²) in [4.78, 5) is 18.7. The molecule has 4 nitrogen and oxygen atoms in total. The summed E-state index contributed by atoms with van der Waals surface area (Å²) in [5.41, 5.74) is 1.12. The number of hydrogen-bond donors (Lipinski definition) is 1. The van der Waals surface area contributed by atoms with E-state index in [0.717, 1.165) is 43.7 Å². The first kappa shape index (κ1) is 13.4. The van der Waals surface area contributed by atoms with Gasteiger partial charge in [0, 0.05) is 25.3 Å². The van der Waals surface area contributed by atoms with Gasteiger partial charge in [0.2, 0.25) is 0 Å². The summed E-state index contributed by atoms with van der Waals surface area (Å²) >= 11 is 0. The van der Waals surface area contributed by atoms with Crippen LogP contribution in [0.1, 0.15) is 49.9 Å². The van der Waals surface area contributed by atoms with E-state index in [4.69, 9.17) is 0 Å². The second-order valence-electron chi connectivity index (χ2n) is 6.79. The second-order valence-corrected chi connectivity index (χ2v) is 6.79. The van der Waals surface area contributed by atoms with Crippen molar-refractivity contribution in [2.24, 2.45) is 5.41 Å². The van der Waals surface area contributed by atoms with Crippen molar-refractivity contribution in [1.29, 1.82) is 0 Å². The van der Waals surface area contributed by atoms with Gasteiger partial charge in [0.15, 0.2) is 0 Å². The van der Waals surface area contributed by atoms with Crippen molar-refractivity contribution in [3.63, 3.8) is 0 Å². The van der Waals surface area contributed by atoms with E-state index in [1.54, 1.807) is 6.20 Å². The van der Waals surface area contributed by atoms with Gasteiger partial charge in [-0.05, 0) is 43.2 Å². The van der Waals surface area contributed by atoms with Crippen molar-refractivity contribution in [3.05, 3.63) is 23.9 Å². The van der Waals surface area contributed by atoms with Crippen molar-refractivity contribution < 1.29 is 4.79 Å². The molecule has 1 amide bonds. The molecule has 1 aromatic rings. The summed E-state index contributed by atoms with van der Waals surface area (Å²) in [6, 6.07) is 4.16. The number of carbonyl (C=O) groups is 1. The lowest BCUT2D eigenvalue weighted by molar-refractivity contribution is 0.0652. The monoisotopic (exact) mass is 273 g/mol. The zero-order valence-corrected chi connectivity index (χ0v) is 12.4. The van der Waals surface area contributed by atoms with Gasteiger partial charge in [0.05, 0.1) is 5.56 Å². The molecule has 1 unspecified atom stereocenters. The van der Waals surface area contributed by atoms with Gasteiger partial charge in [-0.15, -0.1) is 0 Å². The van der Waals surface area contributed by atoms with Crippen LogP contribution < -0.4 is 5.32 Å². The number of rotatable bonds is 3. The van der Waals surface area contributed by atoms with E-state index < -0.39 is 0 Å². The molecule has 0 radical (unpaired) electrons. The Kier molecular flexibility index (Phi) is 3.40. The van der Waals surface area contributed by atoms with E-state index in [9.17, 15) is 4.79 Å². The first-order chi connectivity index (χ1) is 9.55. The number of amides is 1. The van der Waals surface area contributed by atoms with Crippen LogP contribution in [0.15, 0.2) is 18.3 Å². The molecule has 20 heavy (non-hydrogen) atoms. The first-order valence-corrected chi connectivity index (χ1v) is 7.56. The maximum absolute atomic E-state index is 12.4. The zero-order valence-electron chi connectivity index (χ0n) is 12.4. The highest BCUT2D eigenvalue weighted by molar-refractivity contribution is 5.99. The van der Waals surface area contributed by atoms with Crippen LogP contribution in [-0.2, 0) is 0 Å². The first-order valence-electron chi connectivity index (χ1n) is 7.56. The van der Waals surface area contributed by atoms with Gasteiger partial charge < -0.3 is 10.2 Å². The maximum Gasteiger partial charge on any atom is 0.257 e. The van der Waals surface area contributed by atoms with Gasteiger partial charge in [-0.1, -0.05) is 13.8 Å². The average Bonchev–Trinajstić information content (AvgIpc) is 2.67. The lowest BCUT2D eigenvalue weighted by Gasteiger charge is -2.31. The fraction of sp³-hybridized carbons (Fsp3) is 0.625. The second kappa shape index (κ2) is 5.08. The van der Waals surface area contributed by atoms with Crippen LogP contribution in [-0.4, -0.2) is 34.9 Å². The minimum atomic E-state index is 0.115.